The monoisotopic (exact) mass is 332 g/mol. The van der Waals surface area contributed by atoms with E-state index < -0.39 is 15.1 Å². The maximum atomic E-state index is 12.5. The van der Waals surface area contributed by atoms with Crippen LogP contribution in [0.5, 0.6) is 0 Å². The van der Waals surface area contributed by atoms with Crippen LogP contribution >= 0.6 is 0 Å². The Balaban J connectivity index is 1.73. The zero-order valence-corrected chi connectivity index (χ0v) is 13.7. The van der Waals surface area contributed by atoms with Crippen LogP contribution in [0.3, 0.4) is 0 Å². The van der Waals surface area contributed by atoms with E-state index in [4.69, 9.17) is 0 Å². The molecule has 0 bridgehead atoms. The minimum atomic E-state index is -3.24. The highest BCUT2D eigenvalue weighted by Crippen LogP contribution is 2.29. The number of benzene rings is 1. The standard InChI is InChI=1S/C17H20N2O3S/c20-17(14-18-9-4-5-10-18)19-11-8-16(23(21,22)13-12-19)15-6-2-1-3-7-15/h1-7,9-10,16H,8,11-14H2. The highest BCUT2D eigenvalue weighted by Gasteiger charge is 2.32. The summed E-state index contributed by atoms with van der Waals surface area (Å²) in [6, 6.07) is 13.0. The molecule has 3 rings (SSSR count). The molecule has 1 atom stereocenters. The highest BCUT2D eigenvalue weighted by molar-refractivity contribution is 7.91. The molecule has 1 unspecified atom stereocenters. The van der Waals surface area contributed by atoms with Gasteiger partial charge in [-0.2, -0.15) is 0 Å². The topological polar surface area (TPSA) is 59.4 Å². The number of nitrogens with zero attached hydrogens (tertiary/aromatic N) is 2. The van der Waals surface area contributed by atoms with Crippen LogP contribution in [0.2, 0.25) is 0 Å². The average molecular weight is 332 g/mol. The number of aromatic nitrogens is 1. The van der Waals surface area contributed by atoms with Crippen molar-refractivity contribution < 1.29 is 13.2 Å². The quantitative estimate of drug-likeness (QED) is 0.862. The fourth-order valence-electron chi connectivity index (χ4n) is 2.97. The van der Waals surface area contributed by atoms with Crippen LogP contribution < -0.4 is 0 Å². The molecule has 0 saturated carbocycles. The van der Waals surface area contributed by atoms with Crippen LogP contribution in [0.4, 0.5) is 0 Å². The van der Waals surface area contributed by atoms with E-state index >= 15 is 0 Å². The van der Waals surface area contributed by atoms with E-state index in [1.807, 2.05) is 54.9 Å². The van der Waals surface area contributed by atoms with Gasteiger partial charge in [0.25, 0.3) is 0 Å². The van der Waals surface area contributed by atoms with Gasteiger partial charge in [-0.05, 0) is 24.1 Å². The zero-order valence-electron chi connectivity index (χ0n) is 12.8. The van der Waals surface area contributed by atoms with E-state index in [2.05, 4.69) is 0 Å². The molecule has 1 fully saturated rings. The lowest BCUT2D eigenvalue weighted by molar-refractivity contribution is -0.131. The first-order valence-electron chi connectivity index (χ1n) is 7.71. The zero-order chi connectivity index (χ0) is 16.3. The van der Waals surface area contributed by atoms with Crippen molar-refractivity contribution in [2.45, 2.75) is 18.2 Å². The van der Waals surface area contributed by atoms with Gasteiger partial charge in [-0.25, -0.2) is 8.42 Å². The van der Waals surface area contributed by atoms with E-state index in [1.54, 1.807) is 9.47 Å². The Morgan fingerprint density at radius 2 is 1.74 bits per heavy atom. The van der Waals surface area contributed by atoms with Crippen molar-refractivity contribution >= 4 is 15.7 Å². The Morgan fingerprint density at radius 3 is 2.43 bits per heavy atom. The second-order valence-corrected chi connectivity index (χ2v) is 8.09. The smallest absolute Gasteiger partial charge is 0.242 e. The van der Waals surface area contributed by atoms with Crippen LogP contribution in [0, 0.1) is 0 Å². The number of carbonyl (C=O) groups is 1. The van der Waals surface area contributed by atoms with Crippen molar-refractivity contribution in [3.8, 4) is 0 Å². The number of hydrogen-bond donors (Lipinski definition) is 0. The van der Waals surface area contributed by atoms with E-state index in [-0.39, 0.29) is 24.7 Å². The molecule has 0 spiro atoms. The van der Waals surface area contributed by atoms with Crippen molar-refractivity contribution in [1.82, 2.24) is 9.47 Å². The second kappa shape index (κ2) is 6.58. The van der Waals surface area contributed by atoms with Gasteiger partial charge in [0.2, 0.25) is 5.91 Å². The van der Waals surface area contributed by atoms with Crippen molar-refractivity contribution in [3.63, 3.8) is 0 Å². The summed E-state index contributed by atoms with van der Waals surface area (Å²) in [6.07, 6.45) is 4.11. The van der Waals surface area contributed by atoms with Crippen molar-refractivity contribution in [1.29, 1.82) is 0 Å². The molecular weight excluding hydrogens is 312 g/mol. The molecule has 2 heterocycles. The van der Waals surface area contributed by atoms with Gasteiger partial charge in [0.15, 0.2) is 9.84 Å². The summed E-state index contributed by atoms with van der Waals surface area (Å²) in [5.41, 5.74) is 0.812. The van der Waals surface area contributed by atoms with E-state index in [1.165, 1.54) is 0 Å². The Labute approximate surface area is 136 Å². The SMILES string of the molecule is O=C(Cn1cccc1)N1CCC(c2ccccc2)S(=O)(=O)CC1. The van der Waals surface area contributed by atoms with Crippen LogP contribution in [0.15, 0.2) is 54.9 Å². The van der Waals surface area contributed by atoms with Gasteiger partial charge in [-0.3, -0.25) is 4.79 Å². The average Bonchev–Trinajstić information content (AvgIpc) is 2.98. The largest absolute Gasteiger partial charge is 0.345 e. The van der Waals surface area contributed by atoms with Gasteiger partial charge in [0.1, 0.15) is 6.54 Å². The first-order valence-corrected chi connectivity index (χ1v) is 9.43. The summed E-state index contributed by atoms with van der Waals surface area (Å²) in [4.78, 5) is 14.0. The minimum absolute atomic E-state index is 0.0178. The third kappa shape index (κ3) is 3.64. The molecule has 1 aromatic heterocycles. The third-order valence-electron chi connectivity index (χ3n) is 4.25. The molecule has 1 aliphatic heterocycles. The first kappa shape index (κ1) is 15.8. The summed E-state index contributed by atoms with van der Waals surface area (Å²) in [5.74, 6) is -0.0191. The van der Waals surface area contributed by atoms with Gasteiger partial charge in [-0.1, -0.05) is 30.3 Å². The second-order valence-electron chi connectivity index (χ2n) is 5.79. The lowest BCUT2D eigenvalue weighted by Gasteiger charge is -2.20. The van der Waals surface area contributed by atoms with Gasteiger partial charge in [0, 0.05) is 25.5 Å². The summed E-state index contributed by atoms with van der Waals surface area (Å²) < 4.78 is 26.9. The van der Waals surface area contributed by atoms with Crippen molar-refractivity contribution in [2.24, 2.45) is 0 Å². The molecule has 1 aliphatic rings. The molecule has 122 valence electrons. The molecule has 1 amide bonds. The summed E-state index contributed by atoms with van der Waals surface area (Å²) in [7, 11) is -3.24. The molecule has 23 heavy (non-hydrogen) atoms. The number of amides is 1. The molecule has 0 N–H and O–H groups in total. The summed E-state index contributed by atoms with van der Waals surface area (Å²) >= 11 is 0. The van der Waals surface area contributed by atoms with Crippen LogP contribution in [-0.4, -0.2) is 42.6 Å². The molecule has 2 aromatic rings. The molecule has 6 heteroatoms. The number of hydrogen-bond acceptors (Lipinski definition) is 3. The first-order chi connectivity index (χ1) is 11.1. The predicted octanol–water partition coefficient (Wildman–Crippen LogP) is 1.88. The molecule has 1 aromatic carbocycles. The van der Waals surface area contributed by atoms with Gasteiger partial charge in [0.05, 0.1) is 11.0 Å². The maximum Gasteiger partial charge on any atom is 0.242 e. The van der Waals surface area contributed by atoms with E-state index in [9.17, 15) is 13.2 Å². The molecular formula is C17H20N2O3S. The highest BCUT2D eigenvalue weighted by atomic mass is 32.2. The maximum absolute atomic E-state index is 12.5. The van der Waals surface area contributed by atoms with Crippen molar-refractivity contribution in [3.05, 3.63) is 60.4 Å². The van der Waals surface area contributed by atoms with E-state index in [0.717, 1.165) is 5.56 Å². The van der Waals surface area contributed by atoms with Gasteiger partial charge in [-0.15, -0.1) is 0 Å². The Morgan fingerprint density at radius 1 is 1.04 bits per heavy atom. The molecule has 0 aliphatic carbocycles. The van der Waals surface area contributed by atoms with Crippen LogP contribution in [0.25, 0.3) is 0 Å². The fraction of sp³-hybridized carbons (Fsp3) is 0.353. The number of rotatable bonds is 3. The Kier molecular flexibility index (Phi) is 4.52. The lowest BCUT2D eigenvalue weighted by Crippen LogP contribution is -2.35. The molecule has 5 nitrogen and oxygen atoms in total. The summed E-state index contributed by atoms with van der Waals surface area (Å²) in [5, 5.41) is -0.520. The lowest BCUT2D eigenvalue weighted by atomic mass is 10.1. The predicted molar refractivity (Wildman–Crippen MR) is 88.6 cm³/mol. The fourth-order valence-corrected chi connectivity index (χ4v) is 4.76. The number of carbonyl (C=O) groups excluding carboxylic acids is 1. The molecule has 1 saturated heterocycles. The van der Waals surface area contributed by atoms with Crippen molar-refractivity contribution in [2.75, 3.05) is 18.8 Å². The van der Waals surface area contributed by atoms with Gasteiger partial charge < -0.3 is 9.47 Å². The van der Waals surface area contributed by atoms with Crippen LogP contribution in [0.1, 0.15) is 17.2 Å². The minimum Gasteiger partial charge on any atom is -0.345 e. The van der Waals surface area contributed by atoms with Crippen LogP contribution in [-0.2, 0) is 21.2 Å². The normalized spacial score (nSPS) is 20.9. The molecule has 0 radical (unpaired) electrons. The van der Waals surface area contributed by atoms with E-state index in [0.29, 0.717) is 13.0 Å². The van der Waals surface area contributed by atoms with Gasteiger partial charge >= 0.3 is 0 Å². The number of sulfone groups is 1. The third-order valence-corrected chi connectivity index (χ3v) is 6.37. The Bertz CT molecular complexity index is 754. The summed E-state index contributed by atoms with van der Waals surface area (Å²) in [6.45, 7) is 0.994. The Hall–Kier alpha value is -2.08.